The van der Waals surface area contributed by atoms with Crippen LogP contribution in [0.2, 0.25) is 15.1 Å². The van der Waals surface area contributed by atoms with Gasteiger partial charge in [0.05, 0.1) is 27.4 Å². The van der Waals surface area contributed by atoms with Crippen molar-refractivity contribution in [2.45, 2.75) is 0 Å². The Morgan fingerprint density at radius 2 is 1.86 bits per heavy atom. The summed E-state index contributed by atoms with van der Waals surface area (Å²) in [6.45, 7) is 0. The highest BCUT2D eigenvalue weighted by Gasteiger charge is 2.28. The molecule has 2 aromatic carbocycles. The standard InChI is InChI=1S/C13H7Cl3N2O3/c1-17-8-3-2-6(14)12(16)13(8)21-11-5-9(18(19)20)7(15)4-10(11)17/h2-5H,1H3. The maximum absolute atomic E-state index is 11.0. The average Bonchev–Trinajstić information content (AvgIpc) is 2.43. The number of hydrogen-bond acceptors (Lipinski definition) is 4. The van der Waals surface area contributed by atoms with E-state index < -0.39 is 4.92 Å². The van der Waals surface area contributed by atoms with Crippen LogP contribution in [0.1, 0.15) is 0 Å². The SMILES string of the molecule is CN1c2cc(Cl)c([N+](=O)[O-])cc2Oc2c1ccc(Cl)c2Cl. The van der Waals surface area contributed by atoms with E-state index in [0.29, 0.717) is 27.9 Å². The molecular formula is C13H7Cl3N2O3. The van der Waals surface area contributed by atoms with Gasteiger partial charge < -0.3 is 9.64 Å². The Labute approximate surface area is 134 Å². The van der Waals surface area contributed by atoms with Gasteiger partial charge in [-0.3, -0.25) is 10.1 Å². The molecule has 0 fully saturated rings. The number of halogens is 3. The maximum atomic E-state index is 11.0. The molecule has 0 radical (unpaired) electrons. The summed E-state index contributed by atoms with van der Waals surface area (Å²) >= 11 is 18.0. The van der Waals surface area contributed by atoms with Crippen LogP contribution in [-0.4, -0.2) is 12.0 Å². The number of ether oxygens (including phenoxy) is 1. The lowest BCUT2D eigenvalue weighted by Gasteiger charge is -2.30. The van der Waals surface area contributed by atoms with Crippen molar-refractivity contribution in [2.75, 3.05) is 11.9 Å². The monoisotopic (exact) mass is 344 g/mol. The van der Waals surface area contributed by atoms with E-state index in [1.807, 2.05) is 0 Å². The van der Waals surface area contributed by atoms with E-state index in [4.69, 9.17) is 39.5 Å². The van der Waals surface area contributed by atoms with Gasteiger partial charge in [-0.1, -0.05) is 34.8 Å². The smallest absolute Gasteiger partial charge is 0.291 e. The topological polar surface area (TPSA) is 55.6 Å². The minimum Gasteiger partial charge on any atom is -0.451 e. The highest BCUT2D eigenvalue weighted by atomic mass is 35.5. The van der Waals surface area contributed by atoms with Crippen LogP contribution < -0.4 is 9.64 Å². The van der Waals surface area contributed by atoms with Crippen LogP contribution in [0.4, 0.5) is 17.1 Å². The van der Waals surface area contributed by atoms with Gasteiger partial charge in [0.1, 0.15) is 10.0 Å². The van der Waals surface area contributed by atoms with Crippen LogP contribution in [-0.2, 0) is 0 Å². The molecule has 0 unspecified atom stereocenters. The summed E-state index contributed by atoms with van der Waals surface area (Å²) in [5.41, 5.74) is 1.07. The highest BCUT2D eigenvalue weighted by molar-refractivity contribution is 6.43. The van der Waals surface area contributed by atoms with Gasteiger partial charge in [0.15, 0.2) is 11.5 Å². The fourth-order valence-electron chi connectivity index (χ4n) is 2.14. The second-order valence-corrected chi connectivity index (χ2v) is 5.59. The van der Waals surface area contributed by atoms with E-state index in [-0.39, 0.29) is 15.7 Å². The number of nitro benzene ring substituents is 1. The third kappa shape index (κ3) is 2.18. The lowest BCUT2D eigenvalue weighted by molar-refractivity contribution is -0.384. The molecule has 0 aliphatic carbocycles. The lowest BCUT2D eigenvalue weighted by atomic mass is 10.1. The Hall–Kier alpha value is -1.69. The Morgan fingerprint density at radius 1 is 1.14 bits per heavy atom. The fourth-order valence-corrected chi connectivity index (χ4v) is 2.71. The minimum absolute atomic E-state index is 0.0395. The summed E-state index contributed by atoms with van der Waals surface area (Å²) in [7, 11) is 1.78. The fraction of sp³-hybridized carbons (Fsp3) is 0.0769. The van der Waals surface area contributed by atoms with Crippen molar-refractivity contribution in [3.63, 3.8) is 0 Å². The number of rotatable bonds is 1. The number of benzene rings is 2. The molecule has 0 spiro atoms. The third-order valence-electron chi connectivity index (χ3n) is 3.19. The van der Waals surface area contributed by atoms with Crippen molar-refractivity contribution >= 4 is 51.9 Å². The van der Waals surface area contributed by atoms with Crippen LogP contribution in [0.3, 0.4) is 0 Å². The Balaban J connectivity index is 2.21. The highest BCUT2D eigenvalue weighted by Crippen LogP contribution is 2.52. The van der Waals surface area contributed by atoms with Crippen LogP contribution in [0.5, 0.6) is 11.5 Å². The maximum Gasteiger partial charge on any atom is 0.291 e. The number of anilines is 2. The molecule has 5 nitrogen and oxygen atoms in total. The zero-order valence-corrected chi connectivity index (χ0v) is 12.8. The third-order valence-corrected chi connectivity index (χ3v) is 4.28. The van der Waals surface area contributed by atoms with Crippen LogP contribution >= 0.6 is 34.8 Å². The van der Waals surface area contributed by atoms with Crippen LogP contribution in [0.15, 0.2) is 24.3 Å². The van der Waals surface area contributed by atoms with E-state index in [2.05, 4.69) is 0 Å². The lowest BCUT2D eigenvalue weighted by Crippen LogP contribution is -2.16. The summed E-state index contributed by atoms with van der Waals surface area (Å²) < 4.78 is 5.68. The molecular weight excluding hydrogens is 339 g/mol. The molecule has 1 aliphatic heterocycles. The Morgan fingerprint density at radius 3 is 2.52 bits per heavy atom. The zero-order valence-electron chi connectivity index (χ0n) is 10.6. The average molecular weight is 346 g/mol. The molecule has 1 aliphatic rings. The predicted molar refractivity (Wildman–Crippen MR) is 82.7 cm³/mol. The van der Waals surface area contributed by atoms with E-state index in [9.17, 15) is 10.1 Å². The molecule has 0 aromatic heterocycles. The van der Waals surface area contributed by atoms with Gasteiger partial charge in [-0.05, 0) is 18.2 Å². The van der Waals surface area contributed by atoms with Crippen molar-refractivity contribution in [1.82, 2.24) is 0 Å². The van der Waals surface area contributed by atoms with E-state index in [0.717, 1.165) is 0 Å². The molecule has 0 bridgehead atoms. The van der Waals surface area contributed by atoms with Crippen LogP contribution in [0, 0.1) is 10.1 Å². The molecule has 0 saturated carbocycles. The van der Waals surface area contributed by atoms with Gasteiger partial charge in [-0.15, -0.1) is 0 Å². The van der Waals surface area contributed by atoms with Crippen molar-refractivity contribution < 1.29 is 9.66 Å². The normalized spacial score (nSPS) is 12.5. The molecule has 3 rings (SSSR count). The van der Waals surface area contributed by atoms with E-state index in [1.165, 1.54) is 12.1 Å². The van der Waals surface area contributed by atoms with Crippen LogP contribution in [0.25, 0.3) is 0 Å². The quantitative estimate of drug-likeness (QED) is 0.511. The molecule has 1 heterocycles. The summed E-state index contributed by atoms with van der Waals surface area (Å²) in [5.74, 6) is 0.654. The summed E-state index contributed by atoms with van der Waals surface area (Å²) in [6, 6.07) is 6.16. The summed E-state index contributed by atoms with van der Waals surface area (Å²) in [4.78, 5) is 12.2. The van der Waals surface area contributed by atoms with Crippen molar-refractivity contribution in [2.24, 2.45) is 0 Å². The van der Waals surface area contributed by atoms with Gasteiger partial charge >= 0.3 is 0 Å². The Kier molecular flexibility index (Phi) is 3.36. The first-order valence-electron chi connectivity index (χ1n) is 5.77. The van der Waals surface area contributed by atoms with Gasteiger partial charge in [0.2, 0.25) is 0 Å². The van der Waals surface area contributed by atoms with Gasteiger partial charge in [0, 0.05) is 7.05 Å². The molecule has 8 heteroatoms. The first-order chi connectivity index (χ1) is 9.90. The van der Waals surface area contributed by atoms with Gasteiger partial charge in [-0.2, -0.15) is 0 Å². The first kappa shape index (κ1) is 14.3. The largest absolute Gasteiger partial charge is 0.451 e. The molecule has 0 N–H and O–H groups in total. The van der Waals surface area contributed by atoms with Gasteiger partial charge in [-0.25, -0.2) is 0 Å². The van der Waals surface area contributed by atoms with Crippen molar-refractivity contribution in [1.29, 1.82) is 0 Å². The molecule has 0 atom stereocenters. The minimum atomic E-state index is -0.568. The number of nitrogens with zero attached hydrogens (tertiary/aromatic N) is 2. The molecule has 21 heavy (non-hydrogen) atoms. The van der Waals surface area contributed by atoms with Crippen molar-refractivity contribution in [3.8, 4) is 11.5 Å². The summed E-state index contributed by atoms with van der Waals surface area (Å²) in [5, 5.41) is 11.6. The zero-order chi connectivity index (χ0) is 15.3. The van der Waals surface area contributed by atoms with Gasteiger partial charge in [0.25, 0.3) is 5.69 Å². The molecule has 0 amide bonds. The predicted octanol–water partition coefficient (Wildman–Crippen LogP) is 5.43. The summed E-state index contributed by atoms with van der Waals surface area (Å²) in [6.07, 6.45) is 0. The Bertz CT molecular complexity index is 780. The number of fused-ring (bicyclic) bond motifs is 2. The molecule has 2 aromatic rings. The van der Waals surface area contributed by atoms with E-state index in [1.54, 1.807) is 24.1 Å². The molecule has 108 valence electrons. The first-order valence-corrected chi connectivity index (χ1v) is 6.91. The second kappa shape index (κ2) is 4.94. The van der Waals surface area contributed by atoms with E-state index >= 15 is 0 Å². The van der Waals surface area contributed by atoms with Crippen molar-refractivity contribution in [3.05, 3.63) is 49.4 Å². The number of hydrogen-bond donors (Lipinski definition) is 0. The number of nitro groups is 1. The molecule has 0 saturated heterocycles. The second-order valence-electron chi connectivity index (χ2n) is 4.40.